The molecule has 0 fully saturated rings. The monoisotopic (exact) mass is 317 g/mol. The van der Waals surface area contributed by atoms with E-state index in [1.807, 2.05) is 24.3 Å². The number of hydrogen-bond acceptors (Lipinski definition) is 4. The second-order valence-electron chi connectivity index (χ2n) is 4.30. The molecule has 1 aromatic heterocycles. The summed E-state index contributed by atoms with van der Waals surface area (Å²) in [5, 5.41) is 2.72. The van der Waals surface area contributed by atoms with Gasteiger partial charge in [0.05, 0.1) is 5.56 Å². The van der Waals surface area contributed by atoms with Crippen molar-refractivity contribution in [1.82, 2.24) is 0 Å². The Morgan fingerprint density at radius 2 is 2.05 bits per heavy atom. The smallest absolute Gasteiger partial charge is 0.317 e. The molecule has 5 N–H and O–H groups in total. The number of carbonyl (C=O) groups is 2. The molecule has 0 bridgehead atoms. The maximum atomic E-state index is 11.5. The molecule has 1 aromatic carbocycles. The number of hydrogen-bond donors (Lipinski definition) is 3. The number of thiophene rings is 1. The summed E-state index contributed by atoms with van der Waals surface area (Å²) >= 11 is 1.20. The molecule has 7 heteroatoms. The average Bonchev–Trinajstić information content (AvgIpc) is 2.88. The number of primary amides is 2. The number of amides is 3. The Morgan fingerprint density at radius 3 is 2.68 bits per heavy atom. The maximum Gasteiger partial charge on any atom is 0.317 e. The standard InChI is InChI=1S/C15H15N3O3S/c1-2-7-21-11-6-4-3-5-9(11)12-8-10(13(16)19)14(22-12)18-15(17)20/h2-6,8H,1,7H2,(H2,16,19)(H3,17,18,20). The van der Waals surface area contributed by atoms with E-state index in [1.54, 1.807) is 12.1 Å². The fourth-order valence-electron chi connectivity index (χ4n) is 1.86. The second-order valence-corrected chi connectivity index (χ2v) is 5.35. The van der Waals surface area contributed by atoms with E-state index in [2.05, 4.69) is 11.9 Å². The molecular weight excluding hydrogens is 302 g/mol. The third kappa shape index (κ3) is 3.44. The van der Waals surface area contributed by atoms with E-state index in [4.69, 9.17) is 16.2 Å². The first-order valence-electron chi connectivity index (χ1n) is 6.36. The Hall–Kier alpha value is -2.80. The van der Waals surface area contributed by atoms with Crippen LogP contribution in [0, 0.1) is 0 Å². The molecule has 2 aromatic rings. The Labute approximate surface area is 131 Å². The van der Waals surface area contributed by atoms with E-state index in [-0.39, 0.29) is 5.56 Å². The number of rotatable bonds is 6. The van der Waals surface area contributed by atoms with Crippen LogP contribution in [0.25, 0.3) is 10.4 Å². The number of nitrogens with two attached hydrogens (primary N) is 2. The molecule has 0 saturated heterocycles. The minimum atomic E-state index is -0.757. The number of ether oxygens (including phenoxy) is 1. The Balaban J connectivity index is 2.47. The van der Waals surface area contributed by atoms with E-state index in [0.717, 1.165) is 10.4 Å². The molecule has 0 radical (unpaired) electrons. The van der Waals surface area contributed by atoms with Crippen LogP contribution >= 0.6 is 11.3 Å². The van der Waals surface area contributed by atoms with Gasteiger partial charge in [-0.25, -0.2) is 4.79 Å². The zero-order valence-electron chi connectivity index (χ0n) is 11.7. The third-order valence-corrected chi connectivity index (χ3v) is 3.83. The van der Waals surface area contributed by atoms with Gasteiger partial charge in [-0.05, 0) is 18.2 Å². The van der Waals surface area contributed by atoms with E-state index in [0.29, 0.717) is 17.4 Å². The fraction of sp³-hybridized carbons (Fsp3) is 0.0667. The number of carbonyl (C=O) groups excluding carboxylic acids is 2. The van der Waals surface area contributed by atoms with Crippen LogP contribution in [0.15, 0.2) is 43.0 Å². The van der Waals surface area contributed by atoms with Gasteiger partial charge in [0.2, 0.25) is 0 Å². The molecule has 3 amide bonds. The molecular formula is C15H15N3O3S. The topological polar surface area (TPSA) is 107 Å². The summed E-state index contributed by atoms with van der Waals surface area (Å²) in [6.07, 6.45) is 1.64. The SMILES string of the molecule is C=CCOc1ccccc1-c1cc(C(N)=O)c(NC(N)=O)s1. The van der Waals surface area contributed by atoms with Gasteiger partial charge < -0.3 is 16.2 Å². The lowest BCUT2D eigenvalue weighted by atomic mass is 10.1. The van der Waals surface area contributed by atoms with Crippen molar-refractivity contribution in [1.29, 1.82) is 0 Å². The molecule has 0 aliphatic carbocycles. The van der Waals surface area contributed by atoms with Crippen molar-refractivity contribution >= 4 is 28.3 Å². The van der Waals surface area contributed by atoms with E-state index in [1.165, 1.54) is 11.3 Å². The summed E-state index contributed by atoms with van der Waals surface area (Å²) in [5.74, 6) is 0.000960. The van der Waals surface area contributed by atoms with Gasteiger partial charge in [-0.3, -0.25) is 10.1 Å². The minimum absolute atomic E-state index is 0.206. The quantitative estimate of drug-likeness (QED) is 0.712. The summed E-state index contributed by atoms with van der Waals surface area (Å²) in [7, 11) is 0. The summed E-state index contributed by atoms with van der Waals surface area (Å²) in [5.41, 5.74) is 11.4. The van der Waals surface area contributed by atoms with Crippen LogP contribution in [0.5, 0.6) is 5.75 Å². The summed E-state index contributed by atoms with van der Waals surface area (Å²) in [6, 6.07) is 8.20. The Kier molecular flexibility index (Phi) is 4.80. The molecule has 0 aliphatic heterocycles. The van der Waals surface area contributed by atoms with Gasteiger partial charge in [-0.1, -0.05) is 24.8 Å². The molecule has 2 rings (SSSR count). The van der Waals surface area contributed by atoms with Crippen LogP contribution < -0.4 is 21.5 Å². The third-order valence-electron chi connectivity index (χ3n) is 2.74. The molecule has 0 aliphatic rings. The summed E-state index contributed by atoms with van der Waals surface area (Å²) in [6.45, 7) is 3.97. The molecule has 6 nitrogen and oxygen atoms in total. The van der Waals surface area contributed by atoms with Crippen molar-refractivity contribution in [3.8, 4) is 16.2 Å². The molecule has 0 unspecified atom stereocenters. The van der Waals surface area contributed by atoms with Gasteiger partial charge in [0.25, 0.3) is 5.91 Å². The van der Waals surface area contributed by atoms with E-state index < -0.39 is 11.9 Å². The van der Waals surface area contributed by atoms with Gasteiger partial charge in [0, 0.05) is 10.4 Å². The first-order valence-corrected chi connectivity index (χ1v) is 7.17. The predicted octanol–water partition coefficient (Wildman–Crippen LogP) is 2.57. The van der Waals surface area contributed by atoms with Crippen molar-refractivity contribution in [3.05, 3.63) is 48.6 Å². The number of benzene rings is 1. The van der Waals surface area contributed by atoms with Crippen molar-refractivity contribution in [2.75, 3.05) is 11.9 Å². The van der Waals surface area contributed by atoms with Crippen molar-refractivity contribution in [2.45, 2.75) is 0 Å². The van der Waals surface area contributed by atoms with Crippen LogP contribution in [-0.4, -0.2) is 18.5 Å². The number of nitrogens with one attached hydrogen (secondary N) is 1. The van der Waals surface area contributed by atoms with Crippen molar-refractivity contribution in [2.24, 2.45) is 11.5 Å². The molecule has 114 valence electrons. The minimum Gasteiger partial charge on any atom is -0.489 e. The number of anilines is 1. The first-order chi connectivity index (χ1) is 10.5. The highest BCUT2D eigenvalue weighted by Gasteiger charge is 2.17. The lowest BCUT2D eigenvalue weighted by molar-refractivity contribution is 0.100. The zero-order valence-corrected chi connectivity index (χ0v) is 12.5. The normalized spacial score (nSPS) is 10.0. The lowest BCUT2D eigenvalue weighted by Crippen LogP contribution is -2.21. The van der Waals surface area contributed by atoms with Gasteiger partial charge >= 0.3 is 6.03 Å². The van der Waals surface area contributed by atoms with E-state index in [9.17, 15) is 9.59 Å². The zero-order chi connectivity index (χ0) is 16.1. The molecule has 0 atom stereocenters. The van der Waals surface area contributed by atoms with Gasteiger partial charge in [0.15, 0.2) is 0 Å². The highest BCUT2D eigenvalue weighted by molar-refractivity contribution is 7.20. The van der Waals surface area contributed by atoms with E-state index >= 15 is 0 Å². The molecule has 22 heavy (non-hydrogen) atoms. The van der Waals surface area contributed by atoms with Crippen LogP contribution in [0.3, 0.4) is 0 Å². The summed E-state index contributed by atoms with van der Waals surface area (Å²) in [4.78, 5) is 23.3. The predicted molar refractivity (Wildman–Crippen MR) is 87.2 cm³/mol. The second kappa shape index (κ2) is 6.77. The van der Waals surface area contributed by atoms with Crippen molar-refractivity contribution in [3.63, 3.8) is 0 Å². The Bertz CT molecular complexity index is 725. The highest BCUT2D eigenvalue weighted by atomic mass is 32.1. The van der Waals surface area contributed by atoms with Gasteiger partial charge in [0.1, 0.15) is 17.4 Å². The first kappa shape index (κ1) is 15.6. The van der Waals surface area contributed by atoms with Crippen LogP contribution in [0.1, 0.15) is 10.4 Å². The van der Waals surface area contributed by atoms with Gasteiger partial charge in [-0.2, -0.15) is 0 Å². The number of para-hydroxylation sites is 1. The average molecular weight is 317 g/mol. The Morgan fingerprint density at radius 1 is 1.32 bits per heavy atom. The molecule has 0 spiro atoms. The number of urea groups is 1. The van der Waals surface area contributed by atoms with Gasteiger partial charge in [-0.15, -0.1) is 11.3 Å². The van der Waals surface area contributed by atoms with Crippen LogP contribution in [0.2, 0.25) is 0 Å². The lowest BCUT2D eigenvalue weighted by Gasteiger charge is -2.08. The highest BCUT2D eigenvalue weighted by Crippen LogP contribution is 2.39. The molecule has 1 heterocycles. The summed E-state index contributed by atoms with van der Waals surface area (Å²) < 4.78 is 5.59. The maximum absolute atomic E-state index is 11.5. The van der Waals surface area contributed by atoms with Crippen LogP contribution in [-0.2, 0) is 0 Å². The molecule has 0 saturated carbocycles. The largest absolute Gasteiger partial charge is 0.489 e. The van der Waals surface area contributed by atoms with Crippen molar-refractivity contribution < 1.29 is 14.3 Å². The fourth-order valence-corrected chi connectivity index (χ4v) is 2.95. The van der Waals surface area contributed by atoms with Crippen LogP contribution in [0.4, 0.5) is 9.80 Å².